The zero-order chi connectivity index (χ0) is 14.7. The molecule has 106 valence electrons. The summed E-state index contributed by atoms with van der Waals surface area (Å²) in [5.41, 5.74) is 0.236. The number of pyridine rings is 1. The molecule has 0 atom stereocenters. The summed E-state index contributed by atoms with van der Waals surface area (Å²) in [6.07, 6.45) is 1.52. The number of esters is 1. The Kier molecular flexibility index (Phi) is 4.07. The molecule has 0 spiro atoms. The monoisotopic (exact) mass is 365 g/mol. The highest BCUT2D eigenvalue weighted by Gasteiger charge is 2.13. The number of thiophene rings is 1. The van der Waals surface area contributed by atoms with Gasteiger partial charge in [0, 0.05) is 6.20 Å². The molecule has 0 aliphatic rings. The van der Waals surface area contributed by atoms with Crippen LogP contribution in [0, 0.1) is 0 Å². The molecule has 0 aliphatic heterocycles. The van der Waals surface area contributed by atoms with E-state index in [0.29, 0.717) is 5.89 Å². The molecule has 0 saturated carbocycles. The van der Waals surface area contributed by atoms with Gasteiger partial charge in [0.05, 0.1) is 8.66 Å². The summed E-state index contributed by atoms with van der Waals surface area (Å²) < 4.78 is 11.5. The molecular weight excluding hydrogens is 358 g/mol. The first kappa shape index (κ1) is 13.9. The largest absolute Gasteiger partial charge is 0.451 e. The maximum Gasteiger partial charge on any atom is 0.357 e. The van der Waals surface area contributed by atoms with Gasteiger partial charge < -0.3 is 9.15 Å². The Bertz CT molecular complexity index is 757. The van der Waals surface area contributed by atoms with Crippen molar-refractivity contribution in [3.8, 4) is 10.8 Å². The highest BCUT2D eigenvalue weighted by atomic mass is 79.9. The van der Waals surface area contributed by atoms with Gasteiger partial charge in [-0.1, -0.05) is 6.07 Å². The Balaban J connectivity index is 1.64. The van der Waals surface area contributed by atoms with Gasteiger partial charge in [0.2, 0.25) is 0 Å². The predicted molar refractivity (Wildman–Crippen MR) is 78.7 cm³/mol. The molecule has 6 nitrogen and oxygen atoms in total. The van der Waals surface area contributed by atoms with Crippen LogP contribution in [0.25, 0.3) is 10.8 Å². The van der Waals surface area contributed by atoms with Gasteiger partial charge >= 0.3 is 5.97 Å². The van der Waals surface area contributed by atoms with E-state index < -0.39 is 5.97 Å². The van der Waals surface area contributed by atoms with Gasteiger partial charge in [-0.05, 0) is 40.2 Å². The summed E-state index contributed by atoms with van der Waals surface area (Å²) >= 11 is 4.84. The zero-order valence-corrected chi connectivity index (χ0v) is 12.9. The lowest BCUT2D eigenvalue weighted by atomic mass is 10.4. The summed E-state index contributed by atoms with van der Waals surface area (Å²) in [4.78, 5) is 16.5. The van der Waals surface area contributed by atoms with E-state index in [1.807, 2.05) is 12.1 Å². The van der Waals surface area contributed by atoms with Crippen LogP contribution >= 0.6 is 27.3 Å². The number of nitrogens with zero attached hydrogens (tertiary/aromatic N) is 3. The lowest BCUT2D eigenvalue weighted by Crippen LogP contribution is -2.07. The minimum atomic E-state index is -0.533. The lowest BCUT2D eigenvalue weighted by Gasteiger charge is -2.00. The average molecular weight is 366 g/mol. The number of rotatable bonds is 4. The van der Waals surface area contributed by atoms with Gasteiger partial charge in [-0.15, -0.1) is 21.5 Å². The second kappa shape index (κ2) is 6.15. The average Bonchev–Trinajstić information content (AvgIpc) is 3.14. The van der Waals surface area contributed by atoms with E-state index in [1.165, 1.54) is 17.5 Å². The van der Waals surface area contributed by atoms with Crippen molar-refractivity contribution in [2.75, 3.05) is 0 Å². The molecule has 3 rings (SSSR count). The summed E-state index contributed by atoms with van der Waals surface area (Å²) in [7, 11) is 0. The molecule has 0 bridgehead atoms. The first-order valence-electron chi connectivity index (χ1n) is 5.88. The zero-order valence-electron chi connectivity index (χ0n) is 10.5. The van der Waals surface area contributed by atoms with Gasteiger partial charge in [0.25, 0.3) is 11.8 Å². The Morgan fingerprint density at radius 2 is 2.19 bits per heavy atom. The number of halogens is 1. The van der Waals surface area contributed by atoms with Crippen LogP contribution in [0.4, 0.5) is 0 Å². The number of ether oxygens (including phenoxy) is 1. The SMILES string of the molecule is O=C(OCc1nnc(-c2ccc(Br)s2)o1)c1ccccn1. The van der Waals surface area contributed by atoms with Crippen molar-refractivity contribution >= 4 is 33.2 Å². The molecule has 3 heterocycles. The number of hydrogen-bond donors (Lipinski definition) is 0. The van der Waals surface area contributed by atoms with E-state index in [2.05, 4.69) is 31.1 Å². The maximum atomic E-state index is 11.7. The fourth-order valence-electron chi connectivity index (χ4n) is 1.53. The minimum Gasteiger partial charge on any atom is -0.451 e. The Morgan fingerprint density at radius 3 is 2.90 bits per heavy atom. The molecule has 8 heteroatoms. The van der Waals surface area contributed by atoms with Crippen molar-refractivity contribution in [3.63, 3.8) is 0 Å². The van der Waals surface area contributed by atoms with Crippen LogP contribution in [0.15, 0.2) is 44.7 Å². The number of aromatic nitrogens is 3. The van der Waals surface area contributed by atoms with Crippen LogP contribution in [-0.4, -0.2) is 21.2 Å². The normalized spacial score (nSPS) is 10.5. The maximum absolute atomic E-state index is 11.7. The van der Waals surface area contributed by atoms with Crippen molar-refractivity contribution in [3.05, 3.63) is 51.9 Å². The molecule has 0 radical (unpaired) electrons. The Morgan fingerprint density at radius 1 is 1.29 bits per heavy atom. The van der Waals surface area contributed by atoms with Crippen molar-refractivity contribution in [2.45, 2.75) is 6.61 Å². The smallest absolute Gasteiger partial charge is 0.357 e. The van der Waals surface area contributed by atoms with Gasteiger partial charge in [0.1, 0.15) is 5.69 Å². The minimum absolute atomic E-state index is 0.0883. The van der Waals surface area contributed by atoms with E-state index >= 15 is 0 Å². The van der Waals surface area contributed by atoms with Gasteiger partial charge in [0.15, 0.2) is 6.61 Å². The molecule has 21 heavy (non-hydrogen) atoms. The number of carbonyl (C=O) groups is 1. The van der Waals surface area contributed by atoms with Crippen molar-refractivity contribution in [2.24, 2.45) is 0 Å². The van der Waals surface area contributed by atoms with E-state index in [1.54, 1.807) is 18.2 Å². The van der Waals surface area contributed by atoms with E-state index in [-0.39, 0.29) is 18.2 Å². The summed E-state index contributed by atoms with van der Waals surface area (Å²) in [5, 5.41) is 7.76. The van der Waals surface area contributed by atoms with E-state index in [4.69, 9.17) is 9.15 Å². The van der Waals surface area contributed by atoms with Crippen LogP contribution < -0.4 is 0 Å². The molecule has 0 aliphatic carbocycles. The van der Waals surface area contributed by atoms with Crippen LogP contribution in [0.3, 0.4) is 0 Å². The standard InChI is InChI=1S/C13H8BrN3O3S/c14-10-5-4-9(21-10)12-17-16-11(20-12)7-19-13(18)8-3-1-2-6-15-8/h1-6H,7H2. The van der Waals surface area contributed by atoms with Crippen LogP contribution in [0.2, 0.25) is 0 Å². The fraction of sp³-hybridized carbons (Fsp3) is 0.0769. The number of hydrogen-bond acceptors (Lipinski definition) is 7. The van der Waals surface area contributed by atoms with Crippen LogP contribution in [0.1, 0.15) is 16.4 Å². The molecule has 0 aromatic carbocycles. The third-order valence-corrected chi connectivity index (χ3v) is 4.06. The highest BCUT2D eigenvalue weighted by molar-refractivity contribution is 9.11. The summed E-state index contributed by atoms with van der Waals surface area (Å²) in [5.74, 6) is 0.0996. The van der Waals surface area contributed by atoms with Crippen molar-refractivity contribution < 1.29 is 13.9 Å². The second-order valence-electron chi connectivity index (χ2n) is 3.90. The van der Waals surface area contributed by atoms with Crippen LogP contribution in [-0.2, 0) is 11.3 Å². The predicted octanol–water partition coefficient (Wildman–Crippen LogP) is 3.31. The van der Waals surface area contributed by atoms with E-state index in [0.717, 1.165) is 8.66 Å². The van der Waals surface area contributed by atoms with Crippen LogP contribution in [0.5, 0.6) is 0 Å². The molecule has 0 N–H and O–H groups in total. The molecule has 0 amide bonds. The van der Waals surface area contributed by atoms with Gasteiger partial charge in [-0.2, -0.15) is 0 Å². The Hall–Kier alpha value is -2.06. The van der Waals surface area contributed by atoms with E-state index in [9.17, 15) is 4.79 Å². The molecule has 3 aromatic rings. The second-order valence-corrected chi connectivity index (χ2v) is 6.36. The molecule has 0 saturated heterocycles. The van der Waals surface area contributed by atoms with Crippen molar-refractivity contribution in [1.29, 1.82) is 0 Å². The number of carbonyl (C=O) groups excluding carboxylic acids is 1. The lowest BCUT2D eigenvalue weighted by molar-refractivity contribution is 0.0432. The summed E-state index contributed by atoms with van der Waals surface area (Å²) in [6.45, 7) is -0.0883. The first-order valence-corrected chi connectivity index (χ1v) is 7.49. The topological polar surface area (TPSA) is 78.1 Å². The van der Waals surface area contributed by atoms with Gasteiger partial charge in [-0.25, -0.2) is 9.78 Å². The molecular formula is C13H8BrN3O3S. The Labute approximate surface area is 131 Å². The molecule has 3 aromatic heterocycles. The van der Waals surface area contributed by atoms with Gasteiger partial charge in [-0.3, -0.25) is 0 Å². The van der Waals surface area contributed by atoms with Crippen molar-refractivity contribution in [1.82, 2.24) is 15.2 Å². The quantitative estimate of drug-likeness (QED) is 0.660. The fourth-order valence-corrected chi connectivity index (χ4v) is 2.83. The first-order chi connectivity index (χ1) is 10.2. The summed E-state index contributed by atoms with van der Waals surface area (Å²) in [6, 6.07) is 8.77. The highest BCUT2D eigenvalue weighted by Crippen LogP contribution is 2.30. The third-order valence-electron chi connectivity index (χ3n) is 2.45. The third kappa shape index (κ3) is 3.34. The molecule has 0 fully saturated rings. The molecule has 0 unspecified atom stereocenters.